The van der Waals surface area contributed by atoms with Gasteiger partial charge >= 0.3 is 5.84 Å². The molecule has 0 fully saturated rings. The van der Waals surface area contributed by atoms with E-state index in [1.807, 2.05) is 115 Å². The van der Waals surface area contributed by atoms with E-state index in [0.717, 1.165) is 66.1 Å². The molecule has 0 atom stereocenters. The number of rotatable bonds is 4. The SMILES string of the molecule is O=c1c2ccccc2oc2nc3cc4c(cc3n12)c1ccccc1n4-c1ccc2oc3cccc(-c4nc(-c5ccccc5)nc(-c5ccccc5)n4)c3c2c1. The molecule has 0 radical (unpaired) electrons. The Labute approximate surface area is 316 Å². The van der Waals surface area contributed by atoms with Gasteiger partial charge in [-0.2, -0.15) is 4.98 Å². The molecule has 0 saturated heterocycles. The Morgan fingerprint density at radius 2 is 1.11 bits per heavy atom. The molecule has 56 heavy (non-hydrogen) atoms. The van der Waals surface area contributed by atoms with Gasteiger partial charge in [-0.25, -0.2) is 19.4 Å². The van der Waals surface area contributed by atoms with Crippen molar-refractivity contribution in [3.8, 4) is 39.9 Å². The Kier molecular flexibility index (Phi) is 6.30. The summed E-state index contributed by atoms with van der Waals surface area (Å²) >= 11 is 0. The van der Waals surface area contributed by atoms with Gasteiger partial charge in [-0.05, 0) is 54.6 Å². The molecule has 0 spiro atoms. The third kappa shape index (κ3) is 4.45. The van der Waals surface area contributed by atoms with Crippen molar-refractivity contribution in [3.63, 3.8) is 0 Å². The van der Waals surface area contributed by atoms with Gasteiger partial charge in [0, 0.05) is 43.9 Å². The standard InChI is InChI=1S/C47H26N6O3/c54-46-31-17-8-10-20-39(31)56-47-48-35-26-37-33(25-38(35)53(46)47)30-16-7-9-19-36(30)52(37)29-22-23-40-34(24-29)42-32(18-11-21-41(42)55-40)45-50-43(27-12-3-1-4-13-27)49-44(51-45)28-14-5-2-6-15-28/h1-26H. The number of aromatic nitrogens is 6. The molecule has 0 aliphatic carbocycles. The monoisotopic (exact) mass is 722 g/mol. The van der Waals surface area contributed by atoms with Crippen molar-refractivity contribution >= 4 is 71.6 Å². The quantitative estimate of drug-likeness (QED) is 0.178. The number of hydrogen-bond donors (Lipinski definition) is 0. The molecule has 9 nitrogen and oxygen atoms in total. The van der Waals surface area contributed by atoms with E-state index < -0.39 is 0 Å². The van der Waals surface area contributed by atoms with Crippen LogP contribution in [-0.2, 0) is 0 Å². The van der Waals surface area contributed by atoms with Crippen LogP contribution in [0, 0.1) is 0 Å². The number of furan rings is 1. The van der Waals surface area contributed by atoms with Gasteiger partial charge in [0.25, 0.3) is 5.56 Å². The predicted molar refractivity (Wildman–Crippen MR) is 220 cm³/mol. The number of para-hydroxylation sites is 2. The molecule has 0 amide bonds. The molecule has 5 heterocycles. The van der Waals surface area contributed by atoms with E-state index in [1.165, 1.54) is 0 Å². The number of nitrogens with zero attached hydrogens (tertiary/aromatic N) is 6. The van der Waals surface area contributed by atoms with E-state index in [0.29, 0.717) is 39.5 Å². The maximum absolute atomic E-state index is 13.7. The Balaban J connectivity index is 1.10. The molecule has 0 N–H and O–H groups in total. The van der Waals surface area contributed by atoms with E-state index >= 15 is 0 Å². The molecule has 9 heteroatoms. The molecule has 5 aromatic heterocycles. The topological polar surface area (TPSA) is 104 Å². The van der Waals surface area contributed by atoms with Gasteiger partial charge in [0.1, 0.15) is 16.7 Å². The molecular weight excluding hydrogens is 697 g/mol. The highest BCUT2D eigenvalue weighted by atomic mass is 16.4. The largest absolute Gasteiger partial charge is 0.456 e. The molecule has 12 aromatic rings. The zero-order valence-electron chi connectivity index (χ0n) is 29.4. The minimum atomic E-state index is -0.162. The number of benzene rings is 7. The van der Waals surface area contributed by atoms with Crippen LogP contribution in [0.5, 0.6) is 0 Å². The molecule has 7 aromatic carbocycles. The van der Waals surface area contributed by atoms with Crippen LogP contribution in [0.3, 0.4) is 0 Å². The van der Waals surface area contributed by atoms with Crippen LogP contribution in [0.25, 0.3) is 111 Å². The van der Waals surface area contributed by atoms with Crippen LogP contribution < -0.4 is 5.56 Å². The van der Waals surface area contributed by atoms with Crippen LogP contribution in [0.1, 0.15) is 0 Å². The maximum Gasteiger partial charge on any atom is 0.310 e. The van der Waals surface area contributed by atoms with E-state index in [4.69, 9.17) is 28.8 Å². The summed E-state index contributed by atoms with van der Waals surface area (Å²) in [6.45, 7) is 0. The highest BCUT2D eigenvalue weighted by Gasteiger charge is 2.21. The molecule has 0 aliphatic rings. The van der Waals surface area contributed by atoms with E-state index in [-0.39, 0.29) is 11.4 Å². The minimum Gasteiger partial charge on any atom is -0.456 e. The second-order valence-corrected chi connectivity index (χ2v) is 13.8. The maximum atomic E-state index is 13.7. The zero-order chi connectivity index (χ0) is 36.9. The first-order chi connectivity index (χ1) is 27.7. The molecular formula is C47H26N6O3. The number of fused-ring (bicyclic) bond motifs is 10. The van der Waals surface area contributed by atoms with Crippen molar-refractivity contribution < 1.29 is 8.83 Å². The van der Waals surface area contributed by atoms with E-state index in [1.54, 1.807) is 16.5 Å². The van der Waals surface area contributed by atoms with Crippen molar-refractivity contribution in [2.24, 2.45) is 0 Å². The summed E-state index contributed by atoms with van der Waals surface area (Å²) in [6.07, 6.45) is 0. The summed E-state index contributed by atoms with van der Waals surface area (Å²) in [5, 5.41) is 4.39. The highest BCUT2D eigenvalue weighted by molar-refractivity contribution is 6.15. The average molecular weight is 723 g/mol. The van der Waals surface area contributed by atoms with Gasteiger partial charge in [0.05, 0.1) is 27.5 Å². The Bertz CT molecular complexity index is 3560. The van der Waals surface area contributed by atoms with Crippen LogP contribution in [-0.4, -0.2) is 28.9 Å². The minimum absolute atomic E-state index is 0.162. The summed E-state index contributed by atoms with van der Waals surface area (Å²) in [4.78, 5) is 33.6. The van der Waals surface area contributed by atoms with Crippen molar-refractivity contribution in [1.82, 2.24) is 28.9 Å². The lowest BCUT2D eigenvalue weighted by Crippen LogP contribution is -2.12. The summed E-state index contributed by atoms with van der Waals surface area (Å²) in [7, 11) is 0. The molecule has 0 unspecified atom stereocenters. The van der Waals surface area contributed by atoms with Gasteiger partial charge in [-0.15, -0.1) is 0 Å². The van der Waals surface area contributed by atoms with Gasteiger partial charge in [-0.3, -0.25) is 4.79 Å². The van der Waals surface area contributed by atoms with Crippen LogP contribution in [0.4, 0.5) is 0 Å². The van der Waals surface area contributed by atoms with Crippen molar-refractivity contribution in [2.75, 3.05) is 0 Å². The smallest absolute Gasteiger partial charge is 0.310 e. The second-order valence-electron chi connectivity index (χ2n) is 13.8. The predicted octanol–water partition coefficient (Wildman–Crippen LogP) is 10.8. The Morgan fingerprint density at radius 1 is 0.446 bits per heavy atom. The summed E-state index contributed by atoms with van der Waals surface area (Å²) < 4.78 is 16.4. The molecule has 0 bridgehead atoms. The first kappa shape index (κ1) is 30.5. The summed E-state index contributed by atoms with van der Waals surface area (Å²) in [5.74, 6) is 2.00. The highest BCUT2D eigenvalue weighted by Crippen LogP contribution is 2.40. The lowest BCUT2D eigenvalue weighted by atomic mass is 10.0. The summed E-state index contributed by atoms with van der Waals surface area (Å²) in [5.41, 5.74) is 8.73. The lowest BCUT2D eigenvalue weighted by molar-refractivity contribution is 0.616. The Morgan fingerprint density at radius 3 is 1.89 bits per heavy atom. The molecule has 12 rings (SSSR count). The normalized spacial score (nSPS) is 12.0. The van der Waals surface area contributed by atoms with Crippen molar-refractivity contribution in [1.29, 1.82) is 0 Å². The fourth-order valence-electron chi connectivity index (χ4n) is 8.08. The fourth-order valence-corrected chi connectivity index (χ4v) is 8.08. The number of hydrogen-bond acceptors (Lipinski definition) is 7. The average Bonchev–Trinajstić information content (AvgIpc) is 3.92. The Hall–Kier alpha value is -7.91. The summed E-state index contributed by atoms with van der Waals surface area (Å²) in [6, 6.07) is 51.9. The van der Waals surface area contributed by atoms with Crippen LogP contribution in [0.2, 0.25) is 0 Å². The van der Waals surface area contributed by atoms with Crippen LogP contribution >= 0.6 is 0 Å². The third-order valence-corrected chi connectivity index (χ3v) is 10.6. The van der Waals surface area contributed by atoms with Gasteiger partial charge in [0.15, 0.2) is 17.5 Å². The van der Waals surface area contributed by atoms with Gasteiger partial charge in [0.2, 0.25) is 0 Å². The zero-order valence-corrected chi connectivity index (χ0v) is 29.4. The van der Waals surface area contributed by atoms with E-state index in [2.05, 4.69) is 34.9 Å². The van der Waals surface area contributed by atoms with E-state index in [9.17, 15) is 4.79 Å². The first-order valence-electron chi connectivity index (χ1n) is 18.3. The molecule has 262 valence electrons. The fraction of sp³-hybridized carbons (Fsp3) is 0. The first-order valence-corrected chi connectivity index (χ1v) is 18.3. The van der Waals surface area contributed by atoms with Gasteiger partial charge < -0.3 is 13.4 Å². The van der Waals surface area contributed by atoms with Crippen LogP contribution in [0.15, 0.2) is 171 Å². The van der Waals surface area contributed by atoms with Crippen molar-refractivity contribution in [2.45, 2.75) is 0 Å². The number of imidazole rings is 1. The third-order valence-electron chi connectivity index (χ3n) is 10.6. The van der Waals surface area contributed by atoms with Gasteiger partial charge in [-0.1, -0.05) is 103 Å². The molecule has 0 aliphatic heterocycles. The van der Waals surface area contributed by atoms with Crippen molar-refractivity contribution in [3.05, 3.63) is 168 Å². The molecule has 0 saturated carbocycles. The lowest BCUT2D eigenvalue weighted by Gasteiger charge is -2.10. The second kappa shape index (κ2) is 11.5.